The molecule has 326 valence electrons. The number of hydrazine groups is 1. The lowest BCUT2D eigenvalue weighted by Crippen LogP contribution is -2.49. The first-order valence-corrected chi connectivity index (χ1v) is 29.0. The molecule has 0 aliphatic carbocycles. The molecule has 1 aliphatic rings. The summed E-state index contributed by atoms with van der Waals surface area (Å²) in [6.45, 7) is 19.9. The second kappa shape index (κ2) is 23.2. The van der Waals surface area contributed by atoms with Crippen LogP contribution >= 0.6 is 0 Å². The van der Waals surface area contributed by atoms with Gasteiger partial charge in [-0.3, -0.25) is 5.01 Å². The molecule has 1 unspecified atom stereocenters. The normalized spacial score (nSPS) is 16.5. The zero-order valence-electron chi connectivity index (χ0n) is 37.4. The van der Waals surface area contributed by atoms with Gasteiger partial charge in [-0.05, 0) is 65.0 Å². The molecule has 4 aromatic carbocycles. The predicted octanol–water partition coefficient (Wildman–Crippen LogP) is 10.9. The Hall–Kier alpha value is -4.18. The standard InChI is InChI=1S/C48H69N3O7Si2/c1-9-10-26-56-43-23-17-20-40(31-43)34-50-47(42-21-15-12-16-22-42)46(58-38-55-28-30-60(6,7)8)36-49(33-39-18-13-11-14-19-39)51(48(50)52)35-41-24-25-44(45(32-41)53-2)57-37-54-27-29-59(3,4)5/h11-25,31-32,46-47H,9-10,26-30,33-38H2,1-8H3/t46-,47?/m1/s1. The first-order valence-electron chi connectivity index (χ1n) is 21.5. The molecule has 1 aliphatic heterocycles. The second-order valence-corrected chi connectivity index (χ2v) is 29.3. The van der Waals surface area contributed by atoms with Crippen LogP contribution in [0.2, 0.25) is 51.4 Å². The molecule has 1 heterocycles. The molecular weight excluding hydrogens is 787 g/mol. The van der Waals surface area contributed by atoms with Gasteiger partial charge in [-0.15, -0.1) is 0 Å². The van der Waals surface area contributed by atoms with Crippen molar-refractivity contribution in [2.45, 2.75) is 103 Å². The molecule has 12 heteroatoms. The minimum atomic E-state index is -1.31. The van der Waals surface area contributed by atoms with Gasteiger partial charge in [0, 0.05) is 49.0 Å². The van der Waals surface area contributed by atoms with Crippen LogP contribution < -0.4 is 14.2 Å². The Labute approximate surface area is 361 Å². The molecule has 4 aromatic rings. The largest absolute Gasteiger partial charge is 0.494 e. The lowest BCUT2D eigenvalue weighted by molar-refractivity contribution is -0.119. The quantitative estimate of drug-likeness (QED) is 0.0392. The number of methoxy groups -OCH3 is 1. The van der Waals surface area contributed by atoms with E-state index in [1.54, 1.807) is 7.11 Å². The summed E-state index contributed by atoms with van der Waals surface area (Å²) in [6.07, 6.45) is 1.58. The summed E-state index contributed by atoms with van der Waals surface area (Å²) in [7, 11) is -0.890. The maximum absolute atomic E-state index is 15.6. The average Bonchev–Trinajstić information content (AvgIpc) is 3.31. The maximum atomic E-state index is 15.6. The van der Waals surface area contributed by atoms with E-state index in [9.17, 15) is 0 Å². The van der Waals surface area contributed by atoms with Crippen LogP contribution in [0.3, 0.4) is 0 Å². The van der Waals surface area contributed by atoms with Crippen LogP contribution in [0.5, 0.6) is 17.2 Å². The maximum Gasteiger partial charge on any atom is 0.335 e. The van der Waals surface area contributed by atoms with Crippen LogP contribution in [0.15, 0.2) is 103 Å². The van der Waals surface area contributed by atoms with Crippen LogP contribution in [0, 0.1) is 0 Å². The van der Waals surface area contributed by atoms with E-state index in [2.05, 4.69) is 87.6 Å². The van der Waals surface area contributed by atoms with Crippen molar-refractivity contribution >= 4 is 22.2 Å². The van der Waals surface area contributed by atoms with Crippen LogP contribution in [-0.2, 0) is 33.8 Å². The van der Waals surface area contributed by atoms with Crippen molar-refractivity contribution in [3.63, 3.8) is 0 Å². The molecule has 0 saturated carbocycles. The summed E-state index contributed by atoms with van der Waals surface area (Å²) in [5.41, 5.74) is 3.93. The number of unbranched alkanes of at least 4 members (excludes halogenated alkanes) is 1. The summed E-state index contributed by atoms with van der Waals surface area (Å²) in [5.74, 6) is 1.96. The Balaban J connectivity index is 1.53. The minimum absolute atomic E-state index is 0.126. The van der Waals surface area contributed by atoms with Crippen molar-refractivity contribution in [3.8, 4) is 17.2 Å². The number of carbonyl (C=O) groups excluding carboxylic acids is 1. The van der Waals surface area contributed by atoms with Gasteiger partial charge >= 0.3 is 6.03 Å². The first kappa shape index (κ1) is 46.9. The van der Waals surface area contributed by atoms with Crippen LogP contribution in [0.25, 0.3) is 0 Å². The van der Waals surface area contributed by atoms with Crippen molar-refractivity contribution in [3.05, 3.63) is 125 Å². The lowest BCUT2D eigenvalue weighted by Gasteiger charge is -2.36. The molecule has 0 radical (unpaired) electrons. The van der Waals surface area contributed by atoms with E-state index >= 15 is 4.79 Å². The fraction of sp³-hybridized carbons (Fsp3) is 0.479. The molecule has 10 nitrogen and oxygen atoms in total. The van der Waals surface area contributed by atoms with E-state index in [0.29, 0.717) is 51.0 Å². The summed E-state index contributed by atoms with van der Waals surface area (Å²) >= 11 is 0. The topological polar surface area (TPSA) is 82.2 Å². The van der Waals surface area contributed by atoms with Crippen molar-refractivity contribution < 1.29 is 33.2 Å². The Bertz CT molecular complexity index is 1870. The van der Waals surface area contributed by atoms with Gasteiger partial charge in [0.2, 0.25) is 0 Å². The van der Waals surface area contributed by atoms with E-state index in [-0.39, 0.29) is 26.2 Å². The number of nitrogens with zero attached hydrogens (tertiary/aromatic N) is 3. The van der Waals surface area contributed by atoms with Gasteiger partial charge < -0.3 is 33.3 Å². The van der Waals surface area contributed by atoms with E-state index in [1.165, 1.54) is 0 Å². The predicted molar refractivity (Wildman–Crippen MR) is 246 cm³/mol. The molecule has 1 fully saturated rings. The number of hydrogen-bond acceptors (Lipinski definition) is 8. The van der Waals surface area contributed by atoms with E-state index in [0.717, 1.165) is 52.9 Å². The number of urea groups is 1. The summed E-state index contributed by atoms with van der Waals surface area (Å²) in [5, 5.41) is 4.00. The lowest BCUT2D eigenvalue weighted by atomic mass is 9.98. The van der Waals surface area contributed by atoms with Crippen LogP contribution in [0.1, 0.15) is 48.1 Å². The third-order valence-corrected chi connectivity index (χ3v) is 13.9. The van der Waals surface area contributed by atoms with Gasteiger partial charge in [-0.2, -0.15) is 0 Å². The summed E-state index contributed by atoms with van der Waals surface area (Å²) < 4.78 is 36.8. The van der Waals surface area contributed by atoms with E-state index in [1.807, 2.05) is 76.6 Å². The highest BCUT2D eigenvalue weighted by molar-refractivity contribution is 6.76. The van der Waals surface area contributed by atoms with Crippen molar-refractivity contribution in [2.24, 2.45) is 0 Å². The Kier molecular flexibility index (Phi) is 18.1. The average molecular weight is 856 g/mol. The molecule has 1 saturated heterocycles. The van der Waals surface area contributed by atoms with Gasteiger partial charge in [0.1, 0.15) is 12.5 Å². The molecule has 0 aromatic heterocycles. The molecule has 5 rings (SSSR count). The number of hydrogen-bond donors (Lipinski definition) is 0. The smallest absolute Gasteiger partial charge is 0.335 e. The first-order chi connectivity index (χ1) is 28.8. The molecule has 2 atom stereocenters. The second-order valence-electron chi connectivity index (χ2n) is 18.0. The molecule has 0 N–H and O–H groups in total. The zero-order valence-corrected chi connectivity index (χ0v) is 39.4. The van der Waals surface area contributed by atoms with Gasteiger partial charge in [-0.25, -0.2) is 9.80 Å². The number of carbonyl (C=O) groups is 1. The molecule has 0 bridgehead atoms. The SMILES string of the molecule is CCCCOc1cccc(CN2C(=O)N(Cc3ccc(OCOCC[Si](C)(C)C)c(OC)c3)N(Cc3ccccc3)C[C@@H](OCOCC[Si](C)(C)C)C2c2ccccc2)c1. The highest BCUT2D eigenvalue weighted by Crippen LogP contribution is 2.36. The van der Waals surface area contributed by atoms with Gasteiger partial charge in [-0.1, -0.05) is 131 Å². The van der Waals surface area contributed by atoms with Gasteiger partial charge in [0.05, 0.1) is 32.4 Å². The van der Waals surface area contributed by atoms with E-state index < -0.39 is 28.3 Å². The molecule has 2 amide bonds. The molecule has 0 spiro atoms. The van der Waals surface area contributed by atoms with E-state index in [4.69, 9.17) is 28.4 Å². The third kappa shape index (κ3) is 15.1. The van der Waals surface area contributed by atoms with Gasteiger partial charge in [0.15, 0.2) is 18.3 Å². The zero-order chi connectivity index (χ0) is 43.0. The number of amides is 2. The Morgan fingerprint density at radius 3 is 1.97 bits per heavy atom. The fourth-order valence-corrected chi connectivity index (χ4v) is 8.46. The highest BCUT2D eigenvalue weighted by atomic mass is 28.3. The van der Waals surface area contributed by atoms with Gasteiger partial charge in [0.25, 0.3) is 0 Å². The summed E-state index contributed by atoms with van der Waals surface area (Å²) in [4.78, 5) is 17.6. The fourth-order valence-electron chi connectivity index (χ4n) is 6.94. The van der Waals surface area contributed by atoms with Crippen LogP contribution in [-0.4, -0.2) is 90.3 Å². The number of ether oxygens (including phenoxy) is 6. The monoisotopic (exact) mass is 855 g/mol. The number of rotatable bonds is 24. The summed E-state index contributed by atoms with van der Waals surface area (Å²) in [6, 6.07) is 36.0. The Morgan fingerprint density at radius 2 is 1.30 bits per heavy atom. The van der Waals surface area contributed by atoms with Crippen molar-refractivity contribution in [1.82, 2.24) is 14.9 Å². The third-order valence-electron chi connectivity index (χ3n) is 10.5. The number of benzene rings is 4. The Morgan fingerprint density at radius 1 is 0.650 bits per heavy atom. The molecule has 60 heavy (non-hydrogen) atoms. The van der Waals surface area contributed by atoms with Crippen molar-refractivity contribution in [2.75, 3.05) is 47.1 Å². The van der Waals surface area contributed by atoms with Crippen LogP contribution in [0.4, 0.5) is 4.79 Å². The van der Waals surface area contributed by atoms with Crippen molar-refractivity contribution in [1.29, 1.82) is 0 Å². The highest BCUT2D eigenvalue weighted by Gasteiger charge is 2.42. The molecular formula is C48H69N3O7Si2. The minimum Gasteiger partial charge on any atom is -0.494 e.